The summed E-state index contributed by atoms with van der Waals surface area (Å²) in [5.74, 6) is -0.447. The minimum Gasteiger partial charge on any atom is -0.457 e. The number of carbonyl (C=O) groups excluding carboxylic acids is 1. The Morgan fingerprint density at radius 3 is 2.41 bits per heavy atom. The Bertz CT molecular complexity index is 947. The summed E-state index contributed by atoms with van der Waals surface area (Å²) >= 11 is 0. The summed E-state index contributed by atoms with van der Waals surface area (Å²) in [4.78, 5) is 22.9. The topological polar surface area (TPSA) is 87.3 Å². The zero-order valence-corrected chi connectivity index (χ0v) is 15.0. The van der Waals surface area contributed by atoms with Gasteiger partial charge in [-0.15, -0.1) is 0 Å². The molecular formula is C20H19N3O4. The number of carbonyl (C=O) groups is 1. The van der Waals surface area contributed by atoms with Gasteiger partial charge in [0, 0.05) is 12.1 Å². The third kappa shape index (κ3) is 4.03. The molecule has 0 atom stereocenters. The lowest BCUT2D eigenvalue weighted by atomic mass is 10.1. The molecule has 1 aromatic heterocycles. The van der Waals surface area contributed by atoms with E-state index in [1.807, 2.05) is 44.2 Å². The molecule has 0 radical (unpaired) electrons. The van der Waals surface area contributed by atoms with Gasteiger partial charge in [0.2, 0.25) is 0 Å². The average Bonchev–Trinajstić information content (AvgIpc) is 3.12. The molecule has 0 aliphatic carbocycles. The van der Waals surface area contributed by atoms with Crippen molar-refractivity contribution in [1.82, 2.24) is 9.78 Å². The first-order valence-electron chi connectivity index (χ1n) is 8.51. The molecule has 27 heavy (non-hydrogen) atoms. The van der Waals surface area contributed by atoms with Crippen molar-refractivity contribution in [2.75, 3.05) is 0 Å². The third-order valence-electron chi connectivity index (χ3n) is 4.09. The van der Waals surface area contributed by atoms with E-state index >= 15 is 0 Å². The van der Waals surface area contributed by atoms with Crippen LogP contribution in [0.2, 0.25) is 0 Å². The number of hydrogen-bond acceptors (Lipinski definition) is 5. The molecule has 2 aromatic carbocycles. The van der Waals surface area contributed by atoms with Gasteiger partial charge in [0.15, 0.2) is 0 Å². The first-order valence-corrected chi connectivity index (χ1v) is 8.51. The SMILES string of the molecule is CC(C)c1c(C(=O)OCc2ccccc2)cnn1-c1ccc([N+](=O)[O-])cc1. The van der Waals surface area contributed by atoms with E-state index in [1.165, 1.54) is 18.3 Å². The van der Waals surface area contributed by atoms with Gasteiger partial charge in [-0.1, -0.05) is 44.2 Å². The molecule has 0 N–H and O–H groups in total. The molecule has 3 rings (SSSR count). The van der Waals surface area contributed by atoms with Crippen LogP contribution in [0.15, 0.2) is 60.8 Å². The third-order valence-corrected chi connectivity index (χ3v) is 4.09. The molecule has 1 heterocycles. The van der Waals surface area contributed by atoms with Crippen molar-refractivity contribution in [1.29, 1.82) is 0 Å². The molecule has 7 nitrogen and oxygen atoms in total. The molecule has 3 aromatic rings. The highest BCUT2D eigenvalue weighted by Gasteiger charge is 2.22. The maximum Gasteiger partial charge on any atom is 0.341 e. The number of nitro benzene ring substituents is 1. The monoisotopic (exact) mass is 365 g/mol. The van der Waals surface area contributed by atoms with Crippen LogP contribution in [0.25, 0.3) is 5.69 Å². The van der Waals surface area contributed by atoms with E-state index < -0.39 is 10.9 Å². The number of nitrogens with zero attached hydrogens (tertiary/aromatic N) is 3. The number of ether oxygens (including phenoxy) is 1. The summed E-state index contributed by atoms with van der Waals surface area (Å²) in [6.45, 7) is 4.08. The van der Waals surface area contributed by atoms with Gasteiger partial charge >= 0.3 is 5.97 Å². The molecule has 0 fully saturated rings. The van der Waals surface area contributed by atoms with Gasteiger partial charge in [0.05, 0.1) is 22.5 Å². The van der Waals surface area contributed by atoms with E-state index in [9.17, 15) is 14.9 Å². The smallest absolute Gasteiger partial charge is 0.341 e. The second kappa shape index (κ2) is 7.82. The lowest BCUT2D eigenvalue weighted by Crippen LogP contribution is -2.11. The number of hydrogen-bond donors (Lipinski definition) is 0. The molecule has 0 unspecified atom stereocenters. The van der Waals surface area contributed by atoms with Crippen molar-refractivity contribution in [3.63, 3.8) is 0 Å². The highest BCUT2D eigenvalue weighted by molar-refractivity contribution is 5.90. The Labute approximate surface area is 156 Å². The van der Waals surface area contributed by atoms with E-state index in [2.05, 4.69) is 5.10 Å². The summed E-state index contributed by atoms with van der Waals surface area (Å²) in [6, 6.07) is 15.5. The summed E-state index contributed by atoms with van der Waals surface area (Å²) in [5.41, 5.74) is 2.63. The zero-order valence-electron chi connectivity index (χ0n) is 15.0. The number of non-ortho nitro benzene ring substituents is 1. The second-order valence-electron chi connectivity index (χ2n) is 6.35. The lowest BCUT2D eigenvalue weighted by molar-refractivity contribution is -0.384. The summed E-state index contributed by atoms with van der Waals surface area (Å²) in [7, 11) is 0. The van der Waals surface area contributed by atoms with Crippen LogP contribution in [0.3, 0.4) is 0 Å². The van der Waals surface area contributed by atoms with E-state index in [0.29, 0.717) is 16.9 Å². The Morgan fingerprint density at radius 2 is 1.81 bits per heavy atom. The van der Waals surface area contributed by atoms with Crippen LogP contribution in [-0.2, 0) is 11.3 Å². The first-order chi connectivity index (χ1) is 13.0. The standard InChI is InChI=1S/C20H19N3O4/c1-14(2)19-18(20(24)27-13-15-6-4-3-5-7-15)12-21-22(19)16-8-10-17(11-9-16)23(25)26/h3-12,14H,13H2,1-2H3. The van der Waals surface area contributed by atoms with Crippen molar-refractivity contribution in [2.45, 2.75) is 26.4 Å². The maximum atomic E-state index is 12.6. The van der Waals surface area contributed by atoms with Crippen molar-refractivity contribution in [3.05, 3.63) is 87.7 Å². The normalized spacial score (nSPS) is 10.8. The van der Waals surface area contributed by atoms with Crippen molar-refractivity contribution < 1.29 is 14.5 Å². The molecule has 0 bridgehead atoms. The molecule has 0 amide bonds. The Hall–Kier alpha value is -3.48. The number of rotatable bonds is 6. The van der Waals surface area contributed by atoms with Crippen LogP contribution in [0, 0.1) is 10.1 Å². The summed E-state index contributed by atoms with van der Waals surface area (Å²) in [5, 5.41) is 15.1. The van der Waals surface area contributed by atoms with Crippen LogP contribution in [0.4, 0.5) is 5.69 Å². The number of benzene rings is 2. The predicted octanol–water partition coefficient (Wildman–Crippen LogP) is 4.26. The average molecular weight is 365 g/mol. The Balaban J connectivity index is 1.86. The molecule has 0 aliphatic rings. The quantitative estimate of drug-likeness (QED) is 0.370. The predicted molar refractivity (Wildman–Crippen MR) is 99.9 cm³/mol. The van der Waals surface area contributed by atoms with Crippen molar-refractivity contribution in [3.8, 4) is 5.69 Å². The van der Waals surface area contributed by atoms with Gasteiger partial charge in [-0.05, 0) is 23.6 Å². The molecule has 0 saturated carbocycles. The van der Waals surface area contributed by atoms with E-state index in [0.717, 1.165) is 5.56 Å². The minimum atomic E-state index is -0.456. The number of nitro groups is 1. The minimum absolute atomic E-state index is 0.000465. The first kappa shape index (κ1) is 18.3. The second-order valence-corrected chi connectivity index (χ2v) is 6.35. The lowest BCUT2D eigenvalue weighted by Gasteiger charge is -2.12. The number of aromatic nitrogens is 2. The van der Waals surface area contributed by atoms with Gasteiger partial charge < -0.3 is 4.74 Å². The van der Waals surface area contributed by atoms with Gasteiger partial charge in [-0.3, -0.25) is 10.1 Å². The zero-order chi connectivity index (χ0) is 19.4. The van der Waals surface area contributed by atoms with Gasteiger partial charge in [-0.25, -0.2) is 9.48 Å². The Morgan fingerprint density at radius 1 is 1.15 bits per heavy atom. The Kier molecular flexibility index (Phi) is 5.30. The maximum absolute atomic E-state index is 12.6. The van der Waals surface area contributed by atoms with Crippen molar-refractivity contribution >= 4 is 11.7 Å². The molecule has 138 valence electrons. The highest BCUT2D eigenvalue weighted by Crippen LogP contribution is 2.25. The van der Waals surface area contributed by atoms with Gasteiger partial charge in [0.1, 0.15) is 12.2 Å². The van der Waals surface area contributed by atoms with Crippen molar-refractivity contribution in [2.24, 2.45) is 0 Å². The molecule has 7 heteroatoms. The van der Waals surface area contributed by atoms with E-state index in [-0.39, 0.29) is 18.2 Å². The van der Waals surface area contributed by atoms with Crippen LogP contribution < -0.4 is 0 Å². The fourth-order valence-corrected chi connectivity index (χ4v) is 2.79. The van der Waals surface area contributed by atoms with Crippen LogP contribution in [-0.4, -0.2) is 20.7 Å². The highest BCUT2D eigenvalue weighted by atomic mass is 16.6. The van der Waals surface area contributed by atoms with Crippen LogP contribution in [0.5, 0.6) is 0 Å². The largest absolute Gasteiger partial charge is 0.457 e. The van der Waals surface area contributed by atoms with Gasteiger partial charge in [-0.2, -0.15) is 5.10 Å². The van der Waals surface area contributed by atoms with Crippen LogP contribution >= 0.6 is 0 Å². The summed E-state index contributed by atoms with van der Waals surface area (Å²) in [6.07, 6.45) is 1.48. The molecule has 0 aliphatic heterocycles. The molecule has 0 saturated heterocycles. The van der Waals surface area contributed by atoms with Gasteiger partial charge in [0.25, 0.3) is 5.69 Å². The summed E-state index contributed by atoms with van der Waals surface area (Å²) < 4.78 is 7.04. The molecular weight excluding hydrogens is 346 g/mol. The van der Waals surface area contributed by atoms with E-state index in [1.54, 1.807) is 16.8 Å². The molecule has 0 spiro atoms. The number of esters is 1. The van der Waals surface area contributed by atoms with E-state index in [4.69, 9.17) is 4.74 Å². The fourth-order valence-electron chi connectivity index (χ4n) is 2.79. The van der Waals surface area contributed by atoms with Crippen LogP contribution in [0.1, 0.15) is 41.4 Å². The fraction of sp³-hybridized carbons (Fsp3) is 0.200.